The molecule has 0 aliphatic carbocycles. The molecule has 0 atom stereocenters. The third-order valence-electron chi connectivity index (χ3n) is 2.75. The molecule has 0 amide bonds. The average molecular weight is 443 g/mol. The number of nitrogens with one attached hydrogen (secondary N) is 2. The number of hydrogen-bond donors (Lipinski definition) is 2. The second kappa shape index (κ2) is 13.4. The van der Waals surface area contributed by atoms with Crippen molar-refractivity contribution in [3.63, 3.8) is 0 Å². The smallest absolute Gasteiger partial charge is 0.741 e. The summed E-state index contributed by atoms with van der Waals surface area (Å²) in [5, 5.41) is 9.11. The van der Waals surface area contributed by atoms with Crippen LogP contribution in [-0.2, 0) is 42.3 Å². The summed E-state index contributed by atoms with van der Waals surface area (Å²) in [6, 6.07) is 3.55. The molecular formula is C15H21CuN7OS2. The van der Waals surface area contributed by atoms with Gasteiger partial charge in [-0.05, 0) is 37.2 Å². The van der Waals surface area contributed by atoms with Crippen LogP contribution in [0, 0.1) is 0 Å². The van der Waals surface area contributed by atoms with Gasteiger partial charge in [0.1, 0.15) is 5.71 Å². The van der Waals surface area contributed by atoms with E-state index in [4.69, 9.17) is 30.0 Å². The maximum atomic E-state index is 5.08. The molecule has 1 radical (unpaired) electrons. The summed E-state index contributed by atoms with van der Waals surface area (Å²) in [7, 11) is 1.55. The Morgan fingerprint density at radius 2 is 1.65 bits per heavy atom. The summed E-state index contributed by atoms with van der Waals surface area (Å²) in [5.74, 6) is 0.503. The molecule has 2 N–H and O–H groups in total. The fourth-order valence-electron chi connectivity index (χ4n) is 1.64. The van der Waals surface area contributed by atoms with Crippen molar-refractivity contribution in [3.05, 3.63) is 23.9 Å². The molecular weight excluding hydrogens is 422 g/mol. The van der Waals surface area contributed by atoms with Gasteiger partial charge in [-0.25, -0.2) is 4.98 Å². The quantitative estimate of drug-likeness (QED) is 0.216. The monoisotopic (exact) mass is 442 g/mol. The Morgan fingerprint density at radius 1 is 1.08 bits per heavy atom. The summed E-state index contributed by atoms with van der Waals surface area (Å²) in [6.07, 6.45) is 1.63. The van der Waals surface area contributed by atoms with E-state index >= 15 is 0 Å². The molecule has 1 heterocycles. The molecule has 11 heteroatoms. The normalized spacial score (nSPS) is 13.1. The summed E-state index contributed by atoms with van der Waals surface area (Å²) < 4.78 is 5.07. The van der Waals surface area contributed by atoms with Crippen molar-refractivity contribution in [2.75, 3.05) is 20.2 Å². The molecule has 0 aliphatic heterocycles. The minimum atomic E-state index is 0. The Hall–Kier alpha value is -1.81. The second-order valence-corrected chi connectivity index (χ2v) is 5.30. The van der Waals surface area contributed by atoms with Crippen LogP contribution in [0.25, 0.3) is 0 Å². The van der Waals surface area contributed by atoms with E-state index in [0.717, 1.165) is 5.56 Å². The van der Waals surface area contributed by atoms with Crippen LogP contribution in [0.4, 0.5) is 0 Å². The molecule has 1 aromatic rings. The third kappa shape index (κ3) is 8.52. The average Bonchev–Trinajstić information content (AvgIpc) is 2.61. The van der Waals surface area contributed by atoms with Gasteiger partial charge >= 0.3 is 17.1 Å². The molecule has 0 aromatic carbocycles. The van der Waals surface area contributed by atoms with E-state index in [0.29, 0.717) is 40.7 Å². The number of nitrogens with zero attached hydrogens (tertiary/aromatic N) is 5. The van der Waals surface area contributed by atoms with E-state index in [1.54, 1.807) is 26.3 Å². The van der Waals surface area contributed by atoms with Crippen LogP contribution < -0.4 is 15.6 Å². The number of ether oxygens (including phenoxy) is 1. The number of methoxy groups -OCH3 is 1. The van der Waals surface area contributed by atoms with Gasteiger partial charge in [0.15, 0.2) is 0 Å². The minimum Gasteiger partial charge on any atom is -0.741 e. The molecule has 0 aliphatic rings. The Bertz CT molecular complexity index is 675. The molecule has 8 nitrogen and oxygen atoms in total. The molecule has 0 saturated carbocycles. The number of amidine groups is 2. The molecule has 0 bridgehead atoms. The van der Waals surface area contributed by atoms with E-state index in [2.05, 4.69) is 36.0 Å². The van der Waals surface area contributed by atoms with Crippen LogP contribution in [0.15, 0.2) is 38.5 Å². The van der Waals surface area contributed by atoms with Gasteiger partial charge in [-0.15, -0.1) is 0 Å². The standard InChI is InChI=1S/C15H23N7OS2.Cu/c1-5-16-14(24)21-19-10(3)13(20-22-15(25)17-6-2)11-7-8-12(23-4)18-9-11;/h7-9H,5-6H2,1-4H3,(H2,16,21,24)(H2,17,22,25);/q;+2/p-2/b19-10+,20-13-;. The number of pyridine rings is 1. The summed E-state index contributed by atoms with van der Waals surface area (Å²) in [4.78, 5) is 12.3. The van der Waals surface area contributed by atoms with Crippen LogP contribution in [0.3, 0.4) is 0 Å². The summed E-state index contributed by atoms with van der Waals surface area (Å²) >= 11 is 10.1. The van der Waals surface area contributed by atoms with Gasteiger partial charge in [-0.1, -0.05) is 0 Å². The first kappa shape index (κ1) is 24.2. The van der Waals surface area contributed by atoms with E-state index in [9.17, 15) is 0 Å². The first-order chi connectivity index (χ1) is 12.0. The number of hydrogen-bond acceptors (Lipinski definition) is 8. The zero-order valence-corrected chi connectivity index (χ0v) is 17.5. The zero-order chi connectivity index (χ0) is 18.7. The molecule has 145 valence electrons. The minimum absolute atomic E-state index is 0. The Labute approximate surface area is 175 Å². The molecule has 1 rings (SSSR count). The number of aliphatic imine (C=N–C) groups is 2. The van der Waals surface area contributed by atoms with E-state index < -0.39 is 0 Å². The van der Waals surface area contributed by atoms with Crippen LogP contribution >= 0.6 is 0 Å². The summed E-state index contributed by atoms with van der Waals surface area (Å²) in [5.41, 5.74) is 7.29. The molecule has 0 fully saturated rings. The first-order valence-electron chi connectivity index (χ1n) is 7.59. The van der Waals surface area contributed by atoms with E-state index in [1.165, 1.54) is 0 Å². The largest absolute Gasteiger partial charge is 2.00 e. The fraction of sp³-hybridized carbons (Fsp3) is 0.400. The maximum absolute atomic E-state index is 5.08. The predicted molar refractivity (Wildman–Crippen MR) is 107 cm³/mol. The maximum Gasteiger partial charge on any atom is 2.00 e. The molecule has 0 saturated heterocycles. The number of aromatic nitrogens is 1. The Morgan fingerprint density at radius 3 is 2.12 bits per heavy atom. The van der Waals surface area contributed by atoms with Crippen molar-refractivity contribution < 1.29 is 21.8 Å². The fourth-order valence-corrected chi connectivity index (χ4v) is 1.99. The van der Waals surface area contributed by atoms with Gasteiger partial charge < -0.3 is 30.0 Å². The van der Waals surface area contributed by atoms with Crippen LogP contribution in [-0.4, -0.2) is 46.9 Å². The van der Waals surface area contributed by atoms with Gasteiger partial charge in [-0.3, -0.25) is 20.8 Å². The van der Waals surface area contributed by atoms with Gasteiger partial charge in [0.05, 0.1) is 12.8 Å². The van der Waals surface area contributed by atoms with Gasteiger partial charge in [0, 0.05) is 30.9 Å². The van der Waals surface area contributed by atoms with E-state index in [1.807, 2.05) is 19.9 Å². The third-order valence-corrected chi connectivity index (χ3v) is 3.19. The Balaban J connectivity index is 0.00000625. The van der Waals surface area contributed by atoms with Gasteiger partial charge in [0.2, 0.25) is 5.88 Å². The van der Waals surface area contributed by atoms with Crippen LogP contribution in [0.5, 0.6) is 5.88 Å². The molecule has 0 spiro atoms. The topological polar surface area (TPSA) is 95.6 Å². The molecule has 0 unspecified atom stereocenters. The zero-order valence-electron chi connectivity index (χ0n) is 14.9. The van der Waals surface area contributed by atoms with Crippen molar-refractivity contribution >= 4 is 47.0 Å². The first-order valence-corrected chi connectivity index (χ1v) is 8.41. The summed E-state index contributed by atoms with van der Waals surface area (Å²) in [6.45, 7) is 6.72. The van der Waals surface area contributed by atoms with E-state index in [-0.39, 0.29) is 17.1 Å². The van der Waals surface area contributed by atoms with Crippen LogP contribution in [0.1, 0.15) is 26.3 Å². The van der Waals surface area contributed by atoms with Gasteiger partial charge in [-0.2, -0.15) is 10.2 Å². The van der Waals surface area contributed by atoms with Gasteiger partial charge in [0.25, 0.3) is 0 Å². The second-order valence-electron chi connectivity index (χ2n) is 4.53. The van der Waals surface area contributed by atoms with Crippen molar-refractivity contribution in [1.29, 1.82) is 0 Å². The SMILES string of the molecule is CCN=C([S-])N/N=C(C)/C(=N/NC([S-])=NCC)c1ccc(OC)nc1.[Cu+2]. The van der Waals surface area contributed by atoms with Crippen molar-refractivity contribution in [1.82, 2.24) is 15.8 Å². The molecule has 26 heavy (non-hydrogen) atoms. The number of hydrazone groups is 2. The molecule has 1 aromatic heterocycles. The number of rotatable bonds is 7. The van der Waals surface area contributed by atoms with Crippen LogP contribution in [0.2, 0.25) is 0 Å². The van der Waals surface area contributed by atoms with Crippen molar-refractivity contribution in [2.45, 2.75) is 20.8 Å². The van der Waals surface area contributed by atoms with Crippen molar-refractivity contribution in [2.24, 2.45) is 20.2 Å². The predicted octanol–water partition coefficient (Wildman–Crippen LogP) is 1.19. The Kier molecular flexibility index (Phi) is 12.5. The van der Waals surface area contributed by atoms with Crippen molar-refractivity contribution in [3.8, 4) is 5.88 Å².